The second-order valence-corrected chi connectivity index (χ2v) is 7.37. The third-order valence-electron chi connectivity index (χ3n) is 5.04. The van der Waals surface area contributed by atoms with Gasteiger partial charge in [0, 0.05) is 29.7 Å². The van der Waals surface area contributed by atoms with Crippen LogP contribution in [-0.4, -0.2) is 50.8 Å². The fourth-order valence-corrected chi connectivity index (χ4v) is 3.87. The zero-order chi connectivity index (χ0) is 17.2. The normalized spacial score (nSPS) is 24.3. The van der Waals surface area contributed by atoms with Crippen LogP contribution in [0.1, 0.15) is 24.8 Å². The summed E-state index contributed by atoms with van der Waals surface area (Å²) in [7, 11) is 1.57. The van der Waals surface area contributed by atoms with Crippen LogP contribution in [0.5, 0.6) is 5.75 Å². The minimum absolute atomic E-state index is 0.0243. The first kappa shape index (κ1) is 17.5. The van der Waals surface area contributed by atoms with Crippen molar-refractivity contribution in [2.24, 2.45) is 5.41 Å². The van der Waals surface area contributed by atoms with Crippen LogP contribution < -0.4 is 10.1 Å². The molecule has 2 aliphatic rings. The lowest BCUT2D eigenvalue weighted by atomic mass is 9.82. The summed E-state index contributed by atoms with van der Waals surface area (Å²) in [5, 5.41) is 3.58. The lowest BCUT2D eigenvalue weighted by molar-refractivity contribution is -0.117. The molecule has 6 heteroatoms. The number of anilines is 1. The van der Waals surface area contributed by atoms with Gasteiger partial charge in [-0.15, -0.1) is 0 Å². The van der Waals surface area contributed by atoms with Crippen molar-refractivity contribution in [3.8, 4) is 5.75 Å². The molecule has 2 saturated heterocycles. The Kier molecular flexibility index (Phi) is 5.33. The fraction of sp³-hybridized carbons (Fsp3) is 0.611. The molecule has 5 nitrogen and oxygen atoms in total. The summed E-state index contributed by atoms with van der Waals surface area (Å²) in [5.41, 5.74) is 1.83. The van der Waals surface area contributed by atoms with Crippen molar-refractivity contribution < 1.29 is 14.3 Å². The first-order chi connectivity index (χ1) is 11.5. The largest absolute Gasteiger partial charge is 0.495 e. The maximum Gasteiger partial charge on any atom is 0.238 e. The fourth-order valence-electron chi connectivity index (χ4n) is 3.72. The van der Waals surface area contributed by atoms with E-state index in [1.165, 1.54) is 6.42 Å². The van der Waals surface area contributed by atoms with E-state index in [1.807, 2.05) is 13.0 Å². The number of hydrogen-bond donors (Lipinski definition) is 1. The monoisotopic (exact) mass is 352 g/mol. The Labute approximate surface area is 148 Å². The molecular weight excluding hydrogens is 328 g/mol. The van der Waals surface area contributed by atoms with Crippen LogP contribution in [0.4, 0.5) is 5.69 Å². The van der Waals surface area contributed by atoms with Crippen LogP contribution >= 0.6 is 11.6 Å². The van der Waals surface area contributed by atoms with Crippen molar-refractivity contribution in [2.45, 2.75) is 26.2 Å². The smallest absolute Gasteiger partial charge is 0.238 e. The van der Waals surface area contributed by atoms with E-state index < -0.39 is 0 Å². The summed E-state index contributed by atoms with van der Waals surface area (Å²) in [6, 6.07) is 3.58. The highest BCUT2D eigenvalue weighted by atomic mass is 35.5. The molecule has 2 heterocycles. The highest BCUT2D eigenvalue weighted by molar-refractivity contribution is 6.31. The second kappa shape index (κ2) is 7.30. The van der Waals surface area contributed by atoms with Gasteiger partial charge in [-0.25, -0.2) is 0 Å². The van der Waals surface area contributed by atoms with E-state index in [1.54, 1.807) is 13.2 Å². The molecule has 1 unspecified atom stereocenters. The Morgan fingerprint density at radius 2 is 2.29 bits per heavy atom. The molecule has 24 heavy (non-hydrogen) atoms. The van der Waals surface area contributed by atoms with Crippen molar-refractivity contribution in [1.29, 1.82) is 0 Å². The number of halogens is 1. The predicted molar refractivity (Wildman–Crippen MR) is 94.9 cm³/mol. The van der Waals surface area contributed by atoms with Gasteiger partial charge in [0.15, 0.2) is 0 Å². The van der Waals surface area contributed by atoms with Crippen molar-refractivity contribution in [3.05, 3.63) is 22.7 Å². The first-order valence-electron chi connectivity index (χ1n) is 8.45. The minimum Gasteiger partial charge on any atom is -0.495 e. The maximum atomic E-state index is 12.4. The average Bonchev–Trinajstić information content (AvgIpc) is 2.93. The van der Waals surface area contributed by atoms with Crippen molar-refractivity contribution in [2.75, 3.05) is 45.3 Å². The number of likely N-dealkylation sites (tertiary alicyclic amines) is 1. The standard InChI is InChI=1S/C18H25ClN2O3/c1-13-8-15(16(23-2)9-14(13)19)20-17(22)10-21-6-5-18(11-21)4-3-7-24-12-18/h8-9H,3-7,10-12H2,1-2H3,(H,20,22). The summed E-state index contributed by atoms with van der Waals surface area (Å²) >= 11 is 6.11. The van der Waals surface area contributed by atoms with Gasteiger partial charge in [0.25, 0.3) is 0 Å². The highest BCUT2D eigenvalue weighted by Gasteiger charge is 2.40. The molecule has 3 rings (SSSR count). The topological polar surface area (TPSA) is 50.8 Å². The van der Waals surface area contributed by atoms with Gasteiger partial charge in [0.2, 0.25) is 5.91 Å². The number of nitrogens with zero attached hydrogens (tertiary/aromatic N) is 1. The lowest BCUT2D eigenvalue weighted by Crippen LogP contribution is -2.37. The van der Waals surface area contributed by atoms with Gasteiger partial charge in [-0.2, -0.15) is 0 Å². The molecule has 1 aromatic rings. The van der Waals surface area contributed by atoms with Crippen LogP contribution in [0.3, 0.4) is 0 Å². The molecule has 132 valence electrons. The lowest BCUT2D eigenvalue weighted by Gasteiger charge is -2.33. The number of benzene rings is 1. The first-order valence-corrected chi connectivity index (χ1v) is 8.83. The molecule has 0 bridgehead atoms. The molecule has 1 aromatic carbocycles. The number of rotatable bonds is 4. The Morgan fingerprint density at radius 3 is 3.00 bits per heavy atom. The van der Waals surface area contributed by atoms with Crippen LogP contribution in [0.2, 0.25) is 5.02 Å². The molecule has 0 radical (unpaired) electrons. The number of methoxy groups -OCH3 is 1. The van der Waals surface area contributed by atoms with Gasteiger partial charge in [0.1, 0.15) is 5.75 Å². The highest BCUT2D eigenvalue weighted by Crippen LogP contribution is 2.38. The van der Waals surface area contributed by atoms with E-state index in [-0.39, 0.29) is 11.3 Å². The maximum absolute atomic E-state index is 12.4. The molecule has 1 N–H and O–H groups in total. The minimum atomic E-state index is -0.0243. The molecule has 1 atom stereocenters. The zero-order valence-electron chi connectivity index (χ0n) is 14.4. The molecule has 0 aromatic heterocycles. The van der Waals surface area contributed by atoms with Gasteiger partial charge in [-0.05, 0) is 44.4 Å². The number of amides is 1. The molecule has 0 saturated carbocycles. The van der Waals surface area contributed by atoms with Crippen molar-refractivity contribution in [1.82, 2.24) is 4.90 Å². The van der Waals surface area contributed by atoms with Crippen LogP contribution in [0.15, 0.2) is 12.1 Å². The number of carbonyl (C=O) groups is 1. The quantitative estimate of drug-likeness (QED) is 0.904. The van der Waals surface area contributed by atoms with Crippen LogP contribution in [-0.2, 0) is 9.53 Å². The number of aryl methyl sites for hydroxylation is 1. The molecule has 1 spiro atoms. The van der Waals surface area contributed by atoms with E-state index in [0.29, 0.717) is 23.0 Å². The Balaban J connectivity index is 1.59. The van der Waals surface area contributed by atoms with E-state index in [4.69, 9.17) is 21.1 Å². The van der Waals surface area contributed by atoms with Crippen molar-refractivity contribution >= 4 is 23.2 Å². The summed E-state index contributed by atoms with van der Waals surface area (Å²) in [4.78, 5) is 14.7. The summed E-state index contributed by atoms with van der Waals surface area (Å²) in [6.07, 6.45) is 3.44. The van der Waals surface area contributed by atoms with Gasteiger partial charge in [-0.3, -0.25) is 9.69 Å². The summed E-state index contributed by atoms with van der Waals surface area (Å²) in [5.74, 6) is 0.557. The van der Waals surface area contributed by atoms with E-state index in [0.717, 1.165) is 44.7 Å². The SMILES string of the molecule is COc1cc(Cl)c(C)cc1NC(=O)CN1CCC2(CCCOC2)C1. The average molecular weight is 353 g/mol. The Bertz CT molecular complexity index is 615. The molecule has 2 aliphatic heterocycles. The number of hydrogen-bond acceptors (Lipinski definition) is 4. The number of nitrogens with one attached hydrogen (secondary N) is 1. The van der Waals surface area contributed by atoms with Gasteiger partial charge < -0.3 is 14.8 Å². The predicted octanol–water partition coefficient (Wildman–Crippen LogP) is 3.10. The molecule has 1 amide bonds. The molecular formula is C18H25ClN2O3. The molecule has 0 aliphatic carbocycles. The van der Waals surface area contributed by atoms with Crippen LogP contribution in [0, 0.1) is 12.3 Å². The van der Waals surface area contributed by atoms with E-state index in [9.17, 15) is 4.79 Å². The summed E-state index contributed by atoms with van der Waals surface area (Å²) in [6.45, 7) is 5.90. The summed E-state index contributed by atoms with van der Waals surface area (Å²) < 4.78 is 11.0. The molecule has 2 fully saturated rings. The number of ether oxygens (including phenoxy) is 2. The number of carbonyl (C=O) groups excluding carboxylic acids is 1. The van der Waals surface area contributed by atoms with Crippen molar-refractivity contribution in [3.63, 3.8) is 0 Å². The van der Waals surface area contributed by atoms with E-state index in [2.05, 4.69) is 10.2 Å². The third-order valence-corrected chi connectivity index (χ3v) is 5.45. The van der Waals surface area contributed by atoms with Gasteiger partial charge in [0.05, 0.1) is 25.9 Å². The third kappa shape index (κ3) is 3.85. The Hall–Kier alpha value is -1.30. The zero-order valence-corrected chi connectivity index (χ0v) is 15.1. The van der Waals surface area contributed by atoms with Gasteiger partial charge in [-0.1, -0.05) is 11.6 Å². The van der Waals surface area contributed by atoms with E-state index >= 15 is 0 Å². The van der Waals surface area contributed by atoms with Gasteiger partial charge >= 0.3 is 0 Å². The second-order valence-electron chi connectivity index (χ2n) is 6.97. The van der Waals surface area contributed by atoms with Crippen LogP contribution in [0.25, 0.3) is 0 Å². The Morgan fingerprint density at radius 1 is 1.46 bits per heavy atom.